The van der Waals surface area contributed by atoms with Gasteiger partial charge >= 0.3 is 11.9 Å². The Labute approximate surface area is 189 Å². The fourth-order valence-electron chi connectivity index (χ4n) is 4.28. The van der Waals surface area contributed by atoms with E-state index in [-0.39, 0.29) is 12.4 Å². The van der Waals surface area contributed by atoms with Crippen molar-refractivity contribution in [3.8, 4) is 0 Å². The molecule has 5 nitrogen and oxygen atoms in total. The van der Waals surface area contributed by atoms with Crippen LogP contribution in [0.2, 0.25) is 0 Å². The van der Waals surface area contributed by atoms with Crippen LogP contribution in [-0.4, -0.2) is 34.9 Å². The van der Waals surface area contributed by atoms with Crippen molar-refractivity contribution in [3.05, 3.63) is 23.8 Å². The number of carbonyl (C=O) groups excluding carboxylic acids is 1. The Morgan fingerprint density at radius 1 is 1.19 bits per heavy atom. The zero-order valence-electron chi connectivity index (χ0n) is 20.4. The van der Waals surface area contributed by atoms with Crippen LogP contribution in [-0.2, 0) is 14.3 Å². The highest BCUT2D eigenvalue weighted by molar-refractivity contribution is 5.73. The molecule has 0 bridgehead atoms. The van der Waals surface area contributed by atoms with E-state index < -0.39 is 17.5 Å². The lowest BCUT2D eigenvalue weighted by molar-refractivity contribution is -0.151. The van der Waals surface area contributed by atoms with Crippen molar-refractivity contribution < 1.29 is 24.5 Å². The third-order valence-electron chi connectivity index (χ3n) is 6.95. The minimum absolute atomic E-state index is 0.167. The van der Waals surface area contributed by atoms with Gasteiger partial charge in [0.1, 0.15) is 0 Å². The monoisotopic (exact) mass is 436 g/mol. The molecule has 31 heavy (non-hydrogen) atoms. The second-order valence-electron chi connectivity index (χ2n) is 9.92. The van der Waals surface area contributed by atoms with Crippen LogP contribution >= 0.6 is 0 Å². The number of esters is 1. The largest absolute Gasteiger partial charge is 0.481 e. The predicted octanol–water partition coefficient (Wildman–Crippen LogP) is 5.77. The molecule has 1 aliphatic heterocycles. The molecule has 3 rings (SSSR count). The van der Waals surface area contributed by atoms with Gasteiger partial charge < -0.3 is 14.9 Å². The number of rotatable bonds is 3. The molecule has 0 radical (unpaired) electrons. The van der Waals surface area contributed by atoms with E-state index in [2.05, 4.69) is 43.7 Å². The van der Waals surface area contributed by atoms with E-state index in [0.717, 1.165) is 23.7 Å². The van der Waals surface area contributed by atoms with Crippen molar-refractivity contribution in [2.24, 2.45) is 29.1 Å². The number of hydrogen-bond acceptors (Lipinski definition) is 4. The zero-order chi connectivity index (χ0) is 23.6. The predicted molar refractivity (Wildman–Crippen MR) is 125 cm³/mol. The van der Waals surface area contributed by atoms with Crippen LogP contribution in [0.4, 0.5) is 0 Å². The van der Waals surface area contributed by atoms with Crippen molar-refractivity contribution in [1.29, 1.82) is 0 Å². The molecule has 0 amide bonds. The quantitative estimate of drug-likeness (QED) is 0.549. The number of carboxylic acid groups (broad SMARTS) is 1. The molecule has 0 saturated carbocycles. The topological polar surface area (TPSA) is 83.8 Å². The Hall–Kier alpha value is -1.62. The van der Waals surface area contributed by atoms with E-state index in [1.54, 1.807) is 19.4 Å². The molecule has 5 heteroatoms. The van der Waals surface area contributed by atoms with Crippen molar-refractivity contribution in [1.82, 2.24) is 0 Å². The second kappa shape index (κ2) is 13.0. The number of aliphatic hydroxyl groups is 1. The normalized spacial score (nSPS) is 30.2. The Balaban J connectivity index is 0.000000256. The number of allylic oxidation sites excluding steroid dienone is 4. The lowest BCUT2D eigenvalue weighted by atomic mass is 9.71. The fraction of sp³-hybridized carbons (Fsp3) is 0.769. The average Bonchev–Trinajstić information content (AvgIpc) is 2.86. The van der Waals surface area contributed by atoms with Gasteiger partial charge in [-0.2, -0.15) is 0 Å². The Bertz CT molecular complexity index is 634. The number of cyclic esters (lactones) is 1. The third-order valence-corrected chi connectivity index (χ3v) is 6.95. The summed E-state index contributed by atoms with van der Waals surface area (Å²) in [5.41, 5.74) is 1.10. The summed E-state index contributed by atoms with van der Waals surface area (Å²) in [5.74, 6) is 2.44. The Kier molecular flexibility index (Phi) is 11.5. The van der Waals surface area contributed by atoms with Crippen molar-refractivity contribution in [2.45, 2.75) is 92.6 Å². The highest BCUT2D eigenvalue weighted by Gasteiger charge is 2.31. The molecule has 1 saturated heterocycles. The molecule has 0 aromatic heterocycles. The third kappa shape index (κ3) is 9.18. The molecule has 1 heterocycles. The van der Waals surface area contributed by atoms with Crippen LogP contribution < -0.4 is 0 Å². The lowest BCUT2D eigenvalue weighted by Crippen LogP contribution is -2.24. The molecule has 178 valence electrons. The molecule has 2 aliphatic carbocycles. The van der Waals surface area contributed by atoms with Gasteiger partial charge in [-0.1, -0.05) is 52.3 Å². The van der Waals surface area contributed by atoms with Crippen molar-refractivity contribution >= 4 is 11.9 Å². The van der Waals surface area contributed by atoms with E-state index in [4.69, 9.17) is 10.2 Å². The molecular weight excluding hydrogens is 392 g/mol. The molecule has 2 N–H and O–H groups in total. The highest BCUT2D eigenvalue weighted by Crippen LogP contribution is 2.41. The SMILES string of the molecule is CCC(C)(C)C(=O)O.CCC1C(C)CC=CC2=C[C@H](C)CCC21.O=C1CC(O)CCO1. The average molecular weight is 437 g/mol. The number of carbonyl (C=O) groups is 2. The van der Waals surface area contributed by atoms with Gasteiger partial charge in [-0.15, -0.1) is 0 Å². The molecular formula is C26H44O5. The zero-order valence-corrected chi connectivity index (χ0v) is 20.4. The van der Waals surface area contributed by atoms with Crippen LogP contribution in [0, 0.1) is 29.1 Å². The molecule has 0 aromatic carbocycles. The minimum atomic E-state index is -0.722. The van der Waals surface area contributed by atoms with E-state index in [9.17, 15) is 9.59 Å². The summed E-state index contributed by atoms with van der Waals surface area (Å²) in [4.78, 5) is 20.5. The van der Waals surface area contributed by atoms with Crippen LogP contribution in [0.25, 0.3) is 0 Å². The summed E-state index contributed by atoms with van der Waals surface area (Å²) in [6, 6.07) is 0. The summed E-state index contributed by atoms with van der Waals surface area (Å²) in [5, 5.41) is 17.2. The number of aliphatic hydroxyl groups excluding tert-OH is 1. The maximum absolute atomic E-state index is 10.3. The molecule has 3 aliphatic rings. The lowest BCUT2D eigenvalue weighted by Gasteiger charge is -2.33. The fourth-order valence-corrected chi connectivity index (χ4v) is 4.28. The number of carboxylic acids is 1. The Morgan fingerprint density at radius 3 is 2.32 bits per heavy atom. The van der Waals surface area contributed by atoms with Gasteiger partial charge in [-0.25, -0.2) is 0 Å². The summed E-state index contributed by atoms with van der Waals surface area (Å²) in [7, 11) is 0. The molecule has 1 fully saturated rings. The van der Waals surface area contributed by atoms with Gasteiger partial charge in [-0.3, -0.25) is 9.59 Å². The van der Waals surface area contributed by atoms with E-state index in [1.807, 2.05) is 6.92 Å². The number of aliphatic carboxylic acids is 1. The van der Waals surface area contributed by atoms with Crippen LogP contribution in [0.15, 0.2) is 23.8 Å². The van der Waals surface area contributed by atoms with Crippen molar-refractivity contribution in [2.75, 3.05) is 6.61 Å². The van der Waals surface area contributed by atoms with Gasteiger partial charge in [0.05, 0.1) is 24.5 Å². The standard InChI is InChI=1S/C15H24.C6H12O2.C5H8O3/c1-4-14-12(3)6-5-7-13-10-11(2)8-9-15(13)14;1-4-6(2,3)5(7)8;6-4-1-2-8-5(7)3-4/h5,7,10-12,14-15H,4,6,8-9H2,1-3H3;4H2,1-3H3,(H,7,8);4,6H,1-3H2/t11-,12?,14?,15?;;/m1../s1. The number of hydrogen-bond donors (Lipinski definition) is 2. The molecule has 0 spiro atoms. The molecule has 4 unspecified atom stereocenters. The van der Waals surface area contributed by atoms with E-state index >= 15 is 0 Å². The van der Waals surface area contributed by atoms with Gasteiger partial charge in [0, 0.05) is 6.42 Å². The summed E-state index contributed by atoms with van der Waals surface area (Å²) in [6.45, 7) is 12.8. The number of ether oxygens (including phenoxy) is 1. The molecule has 0 aromatic rings. The van der Waals surface area contributed by atoms with Gasteiger partial charge in [0.25, 0.3) is 0 Å². The van der Waals surface area contributed by atoms with E-state index in [0.29, 0.717) is 19.4 Å². The Morgan fingerprint density at radius 2 is 1.87 bits per heavy atom. The van der Waals surface area contributed by atoms with E-state index in [1.165, 1.54) is 25.7 Å². The minimum Gasteiger partial charge on any atom is -0.481 e. The maximum atomic E-state index is 10.3. The summed E-state index contributed by atoms with van der Waals surface area (Å²) < 4.78 is 4.55. The smallest absolute Gasteiger partial charge is 0.309 e. The first kappa shape index (κ1) is 27.4. The number of fused-ring (bicyclic) bond motifs is 1. The highest BCUT2D eigenvalue weighted by atomic mass is 16.5. The first-order valence-electron chi connectivity index (χ1n) is 12.0. The summed E-state index contributed by atoms with van der Waals surface area (Å²) in [6.07, 6.45) is 13.7. The van der Waals surface area contributed by atoms with Crippen LogP contribution in [0.5, 0.6) is 0 Å². The van der Waals surface area contributed by atoms with Crippen LogP contribution in [0.1, 0.15) is 86.5 Å². The van der Waals surface area contributed by atoms with Gasteiger partial charge in [0.15, 0.2) is 0 Å². The first-order chi connectivity index (χ1) is 14.5. The second-order valence-corrected chi connectivity index (χ2v) is 9.92. The van der Waals surface area contributed by atoms with Crippen LogP contribution in [0.3, 0.4) is 0 Å². The van der Waals surface area contributed by atoms with Crippen molar-refractivity contribution in [3.63, 3.8) is 0 Å². The first-order valence-corrected chi connectivity index (χ1v) is 12.0. The molecule has 5 atom stereocenters. The van der Waals surface area contributed by atoms with Gasteiger partial charge in [-0.05, 0) is 68.8 Å². The summed E-state index contributed by atoms with van der Waals surface area (Å²) >= 11 is 0. The maximum Gasteiger partial charge on any atom is 0.309 e. The van der Waals surface area contributed by atoms with Gasteiger partial charge in [0.2, 0.25) is 0 Å².